The number of methoxy groups -OCH3 is 1. The topological polar surface area (TPSA) is 86.0 Å². The van der Waals surface area contributed by atoms with Crippen molar-refractivity contribution >= 4 is 23.5 Å². The van der Waals surface area contributed by atoms with Crippen molar-refractivity contribution in [3.8, 4) is 0 Å². The maximum Gasteiger partial charge on any atom is 0.229 e. The number of ether oxygens (including phenoxy) is 1. The number of hydrogen-bond acceptors (Lipinski definition) is 6. The van der Waals surface area contributed by atoms with E-state index in [1.54, 1.807) is 7.11 Å². The molecule has 0 saturated heterocycles. The number of nitrogens with one attached hydrogen (secondary N) is 1. The third kappa shape index (κ3) is 3.85. The molecule has 1 aromatic heterocycles. The molecular formula is C8H14ClN5O. The number of nitrogens with zero attached hydrogens (tertiary/aromatic N) is 3. The summed E-state index contributed by atoms with van der Waals surface area (Å²) < 4.78 is 5.03. The summed E-state index contributed by atoms with van der Waals surface area (Å²) in [5.41, 5.74) is 5.43. The highest BCUT2D eigenvalue weighted by Gasteiger charge is 2.08. The van der Waals surface area contributed by atoms with Crippen molar-refractivity contribution in [1.82, 2.24) is 15.0 Å². The number of aromatic nitrogens is 3. The fourth-order valence-electron chi connectivity index (χ4n) is 1.08. The number of nitrogen functional groups attached to an aromatic ring is 1. The van der Waals surface area contributed by atoms with Gasteiger partial charge < -0.3 is 15.8 Å². The van der Waals surface area contributed by atoms with Crippen LogP contribution in [0.2, 0.25) is 5.28 Å². The smallest absolute Gasteiger partial charge is 0.229 e. The molecule has 0 radical (unpaired) electrons. The molecule has 0 fully saturated rings. The first-order chi connectivity index (χ1) is 7.15. The lowest BCUT2D eigenvalue weighted by molar-refractivity contribution is 0.184. The Kier molecular flexibility index (Phi) is 4.51. The van der Waals surface area contributed by atoms with Gasteiger partial charge in [-0.15, -0.1) is 0 Å². The van der Waals surface area contributed by atoms with Gasteiger partial charge >= 0.3 is 0 Å². The SMILES string of the molecule is CCC(COC)Nc1nc(N)nc(Cl)n1. The van der Waals surface area contributed by atoms with Gasteiger partial charge in [0, 0.05) is 7.11 Å². The molecule has 0 saturated carbocycles. The molecule has 1 atom stereocenters. The molecule has 1 unspecified atom stereocenters. The third-order valence-electron chi connectivity index (χ3n) is 1.82. The second-order valence-corrected chi connectivity index (χ2v) is 3.33. The standard InChI is InChI=1S/C8H14ClN5O/c1-3-5(4-15-2)11-8-13-6(9)12-7(10)14-8/h5H,3-4H2,1-2H3,(H3,10,11,12,13,14). The largest absolute Gasteiger partial charge is 0.383 e. The maximum absolute atomic E-state index is 5.64. The van der Waals surface area contributed by atoms with Gasteiger partial charge in [-0.25, -0.2) is 0 Å². The molecule has 0 aliphatic heterocycles. The number of hydrogen-bond donors (Lipinski definition) is 2. The molecule has 0 aliphatic rings. The van der Waals surface area contributed by atoms with Crippen LogP contribution < -0.4 is 11.1 Å². The summed E-state index contributed by atoms with van der Waals surface area (Å²) in [6, 6.07) is 0.132. The number of halogens is 1. The summed E-state index contributed by atoms with van der Waals surface area (Å²) in [7, 11) is 1.64. The van der Waals surface area contributed by atoms with Gasteiger partial charge in [-0.05, 0) is 18.0 Å². The van der Waals surface area contributed by atoms with Gasteiger partial charge in [0.15, 0.2) is 0 Å². The lowest BCUT2D eigenvalue weighted by Gasteiger charge is -2.15. The van der Waals surface area contributed by atoms with Crippen LogP contribution >= 0.6 is 11.6 Å². The second kappa shape index (κ2) is 5.67. The molecular weight excluding hydrogens is 218 g/mol. The minimum atomic E-state index is 0.0808. The molecule has 1 rings (SSSR count). The molecule has 1 heterocycles. The lowest BCUT2D eigenvalue weighted by Crippen LogP contribution is -2.25. The molecule has 3 N–H and O–H groups in total. The molecule has 0 aliphatic carbocycles. The number of nitrogens with two attached hydrogens (primary N) is 1. The number of anilines is 2. The van der Waals surface area contributed by atoms with E-state index in [1.807, 2.05) is 6.92 Å². The Balaban J connectivity index is 2.69. The van der Waals surface area contributed by atoms with Gasteiger partial charge in [-0.1, -0.05) is 6.92 Å². The highest BCUT2D eigenvalue weighted by Crippen LogP contribution is 2.09. The Morgan fingerprint density at radius 3 is 2.73 bits per heavy atom. The summed E-state index contributed by atoms with van der Waals surface area (Å²) in [4.78, 5) is 11.5. The van der Waals surface area contributed by atoms with Gasteiger partial charge in [0.2, 0.25) is 17.2 Å². The van der Waals surface area contributed by atoms with Crippen molar-refractivity contribution < 1.29 is 4.74 Å². The summed E-state index contributed by atoms with van der Waals surface area (Å²) >= 11 is 5.64. The summed E-state index contributed by atoms with van der Waals surface area (Å²) in [6.45, 7) is 2.60. The van der Waals surface area contributed by atoms with Crippen LogP contribution in [0.15, 0.2) is 0 Å². The summed E-state index contributed by atoms with van der Waals surface area (Å²) in [5, 5.41) is 3.14. The zero-order chi connectivity index (χ0) is 11.3. The molecule has 7 heteroatoms. The highest BCUT2D eigenvalue weighted by molar-refractivity contribution is 6.28. The van der Waals surface area contributed by atoms with E-state index in [2.05, 4.69) is 20.3 Å². The highest BCUT2D eigenvalue weighted by atomic mass is 35.5. The monoisotopic (exact) mass is 231 g/mol. The van der Waals surface area contributed by atoms with Crippen LogP contribution in [-0.2, 0) is 4.74 Å². The molecule has 84 valence electrons. The normalized spacial score (nSPS) is 12.5. The molecule has 15 heavy (non-hydrogen) atoms. The van der Waals surface area contributed by atoms with Crippen LogP contribution in [0.5, 0.6) is 0 Å². The van der Waals surface area contributed by atoms with E-state index in [4.69, 9.17) is 22.1 Å². The second-order valence-electron chi connectivity index (χ2n) is 2.99. The van der Waals surface area contributed by atoms with E-state index in [9.17, 15) is 0 Å². The Hall–Kier alpha value is -1.14. The first kappa shape index (κ1) is 11.9. The Morgan fingerprint density at radius 2 is 2.20 bits per heavy atom. The van der Waals surface area contributed by atoms with E-state index in [0.29, 0.717) is 12.6 Å². The van der Waals surface area contributed by atoms with Crippen LogP contribution in [0, 0.1) is 0 Å². The predicted octanol–water partition coefficient (Wildman–Crippen LogP) is 0.944. The van der Waals surface area contributed by atoms with Crippen molar-refractivity contribution in [1.29, 1.82) is 0 Å². The van der Waals surface area contributed by atoms with Gasteiger partial charge in [-0.2, -0.15) is 15.0 Å². The zero-order valence-corrected chi connectivity index (χ0v) is 9.45. The lowest BCUT2D eigenvalue weighted by atomic mass is 10.2. The van der Waals surface area contributed by atoms with Crippen LogP contribution in [0.25, 0.3) is 0 Å². The van der Waals surface area contributed by atoms with Crippen LogP contribution in [0.1, 0.15) is 13.3 Å². The van der Waals surface area contributed by atoms with Crippen LogP contribution in [-0.4, -0.2) is 34.7 Å². The van der Waals surface area contributed by atoms with E-state index in [0.717, 1.165) is 6.42 Å². The maximum atomic E-state index is 5.64. The zero-order valence-electron chi connectivity index (χ0n) is 8.70. The Labute approximate surface area is 93.2 Å². The van der Waals surface area contributed by atoms with Gasteiger partial charge in [0.1, 0.15) is 0 Å². The molecule has 0 amide bonds. The van der Waals surface area contributed by atoms with E-state index < -0.39 is 0 Å². The average molecular weight is 232 g/mol. The van der Waals surface area contributed by atoms with Crippen molar-refractivity contribution in [2.45, 2.75) is 19.4 Å². The fraction of sp³-hybridized carbons (Fsp3) is 0.625. The molecule has 0 bridgehead atoms. The van der Waals surface area contributed by atoms with Crippen LogP contribution in [0.4, 0.5) is 11.9 Å². The number of rotatable bonds is 5. The van der Waals surface area contributed by atoms with Crippen molar-refractivity contribution in [3.63, 3.8) is 0 Å². The van der Waals surface area contributed by atoms with E-state index in [1.165, 1.54) is 0 Å². The minimum absolute atomic E-state index is 0.0808. The Bertz CT molecular complexity index is 302. The fourth-order valence-corrected chi connectivity index (χ4v) is 1.24. The van der Waals surface area contributed by atoms with E-state index in [-0.39, 0.29) is 17.3 Å². The van der Waals surface area contributed by atoms with Crippen molar-refractivity contribution in [2.75, 3.05) is 24.8 Å². The third-order valence-corrected chi connectivity index (χ3v) is 1.99. The summed E-state index contributed by atoms with van der Waals surface area (Å²) in [6.07, 6.45) is 0.886. The van der Waals surface area contributed by atoms with Crippen LogP contribution in [0.3, 0.4) is 0 Å². The summed E-state index contributed by atoms with van der Waals surface area (Å²) in [5.74, 6) is 0.473. The van der Waals surface area contributed by atoms with Crippen molar-refractivity contribution in [3.05, 3.63) is 5.28 Å². The van der Waals surface area contributed by atoms with E-state index >= 15 is 0 Å². The quantitative estimate of drug-likeness (QED) is 0.785. The van der Waals surface area contributed by atoms with Gasteiger partial charge in [0.25, 0.3) is 0 Å². The molecule has 6 nitrogen and oxygen atoms in total. The minimum Gasteiger partial charge on any atom is -0.383 e. The molecule has 0 spiro atoms. The first-order valence-corrected chi connectivity index (χ1v) is 4.96. The molecule has 0 aromatic carbocycles. The molecule has 1 aromatic rings. The average Bonchev–Trinajstić information content (AvgIpc) is 2.15. The first-order valence-electron chi connectivity index (χ1n) is 4.58. The predicted molar refractivity (Wildman–Crippen MR) is 58.8 cm³/mol. The van der Waals surface area contributed by atoms with Crippen molar-refractivity contribution in [2.24, 2.45) is 0 Å². The van der Waals surface area contributed by atoms with Gasteiger partial charge in [0.05, 0.1) is 12.6 Å². The Morgan fingerprint density at radius 1 is 1.47 bits per heavy atom. The van der Waals surface area contributed by atoms with Gasteiger partial charge in [-0.3, -0.25) is 0 Å².